The van der Waals surface area contributed by atoms with E-state index in [1.165, 1.54) is 19.3 Å². The van der Waals surface area contributed by atoms with Crippen molar-refractivity contribution < 1.29 is 0 Å². The lowest BCUT2D eigenvalue weighted by Crippen LogP contribution is -1.64. The second-order valence-corrected chi connectivity index (χ2v) is 2.31. The van der Waals surface area contributed by atoms with Gasteiger partial charge in [0.05, 0.1) is 0 Å². The molecule has 0 heterocycles. The van der Waals surface area contributed by atoms with Crippen molar-refractivity contribution in [2.24, 2.45) is 11.8 Å². The van der Waals surface area contributed by atoms with Crippen molar-refractivity contribution in [3.8, 4) is 0 Å². The summed E-state index contributed by atoms with van der Waals surface area (Å²) in [6, 6.07) is 0. The van der Waals surface area contributed by atoms with E-state index in [0.29, 0.717) is 0 Å². The summed E-state index contributed by atoms with van der Waals surface area (Å²) < 4.78 is 0. The Bertz CT molecular complexity index is 58.4. The molecule has 2 saturated carbocycles. The topological polar surface area (TPSA) is 0 Å². The number of hydrogen-bond donors (Lipinski definition) is 0. The lowest BCUT2D eigenvalue weighted by Gasteiger charge is -1.80. The summed E-state index contributed by atoms with van der Waals surface area (Å²) in [5.74, 6) is 1.93. The van der Waals surface area contributed by atoms with Crippen molar-refractivity contribution in [1.29, 1.82) is 0 Å². The van der Waals surface area contributed by atoms with Gasteiger partial charge in [0.25, 0.3) is 0 Å². The average Bonchev–Trinajstić information content (AvgIpc) is 2.17. The van der Waals surface area contributed by atoms with Crippen molar-refractivity contribution in [1.82, 2.24) is 0 Å². The Morgan fingerprint density at radius 1 is 1.17 bits per heavy atom. The van der Waals surface area contributed by atoms with Crippen LogP contribution in [0.15, 0.2) is 0 Å². The van der Waals surface area contributed by atoms with Crippen LogP contribution in [0, 0.1) is 18.3 Å². The van der Waals surface area contributed by atoms with Crippen molar-refractivity contribution in [2.45, 2.75) is 19.3 Å². The van der Waals surface area contributed by atoms with Crippen LogP contribution in [0.2, 0.25) is 0 Å². The van der Waals surface area contributed by atoms with E-state index < -0.39 is 0 Å². The van der Waals surface area contributed by atoms with Gasteiger partial charge in [-0.05, 0) is 31.1 Å². The molecule has 2 aliphatic rings. The van der Waals surface area contributed by atoms with Crippen molar-refractivity contribution in [3.05, 3.63) is 6.42 Å². The molecule has 2 rings (SSSR count). The van der Waals surface area contributed by atoms with Crippen molar-refractivity contribution in [3.63, 3.8) is 0 Å². The zero-order valence-electron chi connectivity index (χ0n) is 3.78. The first kappa shape index (κ1) is 3.06. The van der Waals surface area contributed by atoms with E-state index in [1.54, 1.807) is 0 Å². The fourth-order valence-electron chi connectivity index (χ4n) is 1.35. The van der Waals surface area contributed by atoms with Gasteiger partial charge < -0.3 is 0 Å². The molecule has 0 aliphatic heterocycles. The van der Waals surface area contributed by atoms with Crippen LogP contribution in [0.5, 0.6) is 0 Å². The smallest absolute Gasteiger partial charge is 0.00998 e. The molecule has 2 aliphatic carbocycles. The Kier molecular flexibility index (Phi) is 0.408. The van der Waals surface area contributed by atoms with Crippen LogP contribution < -0.4 is 0 Å². The maximum atomic E-state index is 3.37. The minimum Gasteiger partial charge on any atom is -0.0527 e. The summed E-state index contributed by atoms with van der Waals surface area (Å²) in [5.41, 5.74) is 0. The SMILES string of the molecule is [C]1C2CCCC12. The van der Waals surface area contributed by atoms with Gasteiger partial charge >= 0.3 is 0 Å². The minimum atomic E-state index is 0.963. The molecule has 2 fully saturated rings. The second kappa shape index (κ2) is 0.800. The monoisotopic (exact) mass is 80.1 g/mol. The number of fused-ring (bicyclic) bond motifs is 1. The predicted molar refractivity (Wildman–Crippen MR) is 24.1 cm³/mol. The Hall–Kier alpha value is 0. The summed E-state index contributed by atoms with van der Waals surface area (Å²) in [7, 11) is 0. The van der Waals surface area contributed by atoms with Crippen LogP contribution in [-0.2, 0) is 0 Å². The van der Waals surface area contributed by atoms with Gasteiger partial charge in [0.1, 0.15) is 0 Å². The van der Waals surface area contributed by atoms with Gasteiger partial charge in [-0.1, -0.05) is 6.42 Å². The first-order chi connectivity index (χ1) is 2.97. The van der Waals surface area contributed by atoms with Crippen molar-refractivity contribution in [2.75, 3.05) is 0 Å². The summed E-state index contributed by atoms with van der Waals surface area (Å²) in [4.78, 5) is 0. The quantitative estimate of drug-likeness (QED) is 0.413. The molecular weight excluding hydrogens is 72.1 g/mol. The lowest BCUT2D eigenvalue weighted by atomic mass is 10.3. The molecule has 0 aromatic rings. The van der Waals surface area contributed by atoms with Crippen molar-refractivity contribution >= 4 is 0 Å². The highest BCUT2D eigenvalue weighted by Crippen LogP contribution is 2.50. The fraction of sp³-hybridized carbons (Fsp3) is 0.833. The van der Waals surface area contributed by atoms with Gasteiger partial charge in [-0.3, -0.25) is 0 Å². The zero-order valence-corrected chi connectivity index (χ0v) is 3.78. The summed E-state index contributed by atoms with van der Waals surface area (Å²) in [6.07, 6.45) is 7.74. The Balaban J connectivity index is 2.09. The third-order valence-corrected chi connectivity index (χ3v) is 1.83. The van der Waals surface area contributed by atoms with E-state index in [-0.39, 0.29) is 0 Å². The molecule has 2 unspecified atom stereocenters. The molecule has 2 atom stereocenters. The molecule has 0 N–H and O–H groups in total. The fourth-order valence-corrected chi connectivity index (χ4v) is 1.35. The molecule has 0 aromatic carbocycles. The largest absolute Gasteiger partial charge is 0.0527 e. The molecule has 0 saturated heterocycles. The Morgan fingerprint density at radius 2 is 1.83 bits per heavy atom. The molecule has 0 amide bonds. The van der Waals surface area contributed by atoms with Crippen LogP contribution >= 0.6 is 0 Å². The van der Waals surface area contributed by atoms with Gasteiger partial charge in [-0.25, -0.2) is 0 Å². The van der Waals surface area contributed by atoms with E-state index in [9.17, 15) is 0 Å². The van der Waals surface area contributed by atoms with Crippen LogP contribution in [-0.4, -0.2) is 0 Å². The summed E-state index contributed by atoms with van der Waals surface area (Å²) in [6.45, 7) is 0. The predicted octanol–water partition coefficient (Wildman–Crippen LogP) is 1.50. The molecule has 0 spiro atoms. The van der Waals surface area contributed by atoms with Crippen LogP contribution in [0.4, 0.5) is 0 Å². The third-order valence-electron chi connectivity index (χ3n) is 1.83. The van der Waals surface area contributed by atoms with E-state index in [4.69, 9.17) is 0 Å². The summed E-state index contributed by atoms with van der Waals surface area (Å²) in [5, 5.41) is 0. The van der Waals surface area contributed by atoms with Gasteiger partial charge in [-0.2, -0.15) is 0 Å². The second-order valence-electron chi connectivity index (χ2n) is 2.31. The van der Waals surface area contributed by atoms with Crippen LogP contribution in [0.1, 0.15) is 19.3 Å². The van der Waals surface area contributed by atoms with Gasteiger partial charge in [-0.15, -0.1) is 0 Å². The molecule has 0 bridgehead atoms. The van der Waals surface area contributed by atoms with E-state index in [0.717, 1.165) is 11.8 Å². The van der Waals surface area contributed by atoms with E-state index >= 15 is 0 Å². The maximum Gasteiger partial charge on any atom is -0.00998 e. The lowest BCUT2D eigenvalue weighted by molar-refractivity contribution is 0.790. The normalized spacial score (nSPS) is 52.0. The van der Waals surface area contributed by atoms with Gasteiger partial charge in [0, 0.05) is 0 Å². The Morgan fingerprint density at radius 3 is 2.00 bits per heavy atom. The molecule has 6 heavy (non-hydrogen) atoms. The minimum absolute atomic E-state index is 0.963. The molecule has 0 nitrogen and oxygen atoms in total. The maximum absolute atomic E-state index is 3.37. The number of hydrogen-bond acceptors (Lipinski definition) is 0. The molecule has 32 valence electrons. The molecule has 0 heteroatoms. The van der Waals surface area contributed by atoms with Crippen LogP contribution in [0.3, 0.4) is 0 Å². The average molecular weight is 80.1 g/mol. The van der Waals surface area contributed by atoms with E-state index in [1.807, 2.05) is 0 Å². The Labute approximate surface area is 38.6 Å². The van der Waals surface area contributed by atoms with Crippen LogP contribution in [0.25, 0.3) is 0 Å². The standard InChI is InChI=1S/C6H8/c1-2-5-4-6(5)3-1/h5-6H,1-3H2. The highest BCUT2D eigenvalue weighted by Gasteiger charge is 2.41. The first-order valence-electron chi connectivity index (χ1n) is 2.73. The number of rotatable bonds is 0. The summed E-state index contributed by atoms with van der Waals surface area (Å²) >= 11 is 0. The van der Waals surface area contributed by atoms with Gasteiger partial charge in [0.2, 0.25) is 0 Å². The zero-order chi connectivity index (χ0) is 3.98. The first-order valence-corrected chi connectivity index (χ1v) is 2.73. The highest BCUT2D eigenvalue weighted by atomic mass is 14.5. The van der Waals surface area contributed by atoms with Gasteiger partial charge in [0.15, 0.2) is 0 Å². The molecule has 0 aromatic heterocycles. The molecule has 2 radical (unpaired) electrons. The highest BCUT2D eigenvalue weighted by molar-refractivity contribution is 5.08. The molecular formula is C6H8. The third kappa shape index (κ3) is 0.250. The van der Waals surface area contributed by atoms with E-state index in [2.05, 4.69) is 6.42 Å².